The Hall–Kier alpha value is -3.55. The fraction of sp³-hybridized carbons (Fsp3) is 0.211. The summed E-state index contributed by atoms with van der Waals surface area (Å²) in [5.41, 5.74) is 5.99. The number of primary amides is 1. The third-order valence-corrected chi connectivity index (χ3v) is 3.68. The standard InChI is InChI=1S/C19H20N2O6/c1-26-16-9-13(7-8-15(16)27-11-17(20)22)14(10-18(23)24)21-19(25)12-5-3-2-4-6-12/h2-9,14H,10-11H2,1H3,(H2,20,22)(H,21,25)(H,23,24). The van der Waals surface area contributed by atoms with E-state index < -0.39 is 23.8 Å². The Morgan fingerprint density at radius 2 is 1.81 bits per heavy atom. The molecule has 0 heterocycles. The van der Waals surface area contributed by atoms with Crippen LogP contribution in [0, 0.1) is 0 Å². The molecule has 0 saturated carbocycles. The van der Waals surface area contributed by atoms with Crippen molar-refractivity contribution < 1.29 is 29.0 Å². The molecular weight excluding hydrogens is 352 g/mol. The molecule has 0 aliphatic rings. The zero-order chi connectivity index (χ0) is 19.8. The van der Waals surface area contributed by atoms with E-state index in [0.29, 0.717) is 11.1 Å². The maximum atomic E-state index is 12.4. The molecule has 4 N–H and O–H groups in total. The van der Waals surface area contributed by atoms with Gasteiger partial charge < -0.3 is 25.6 Å². The Labute approximate surface area is 155 Å². The van der Waals surface area contributed by atoms with Crippen LogP contribution in [0.15, 0.2) is 48.5 Å². The molecule has 2 aromatic carbocycles. The molecule has 0 fully saturated rings. The summed E-state index contributed by atoms with van der Waals surface area (Å²) in [6, 6.07) is 12.4. The molecule has 0 saturated heterocycles. The lowest BCUT2D eigenvalue weighted by Gasteiger charge is -2.19. The molecule has 2 aromatic rings. The molecule has 2 amide bonds. The van der Waals surface area contributed by atoms with E-state index in [1.54, 1.807) is 42.5 Å². The van der Waals surface area contributed by atoms with E-state index in [9.17, 15) is 19.5 Å². The fourth-order valence-electron chi connectivity index (χ4n) is 2.43. The Morgan fingerprint density at radius 1 is 1.11 bits per heavy atom. The Morgan fingerprint density at radius 3 is 2.41 bits per heavy atom. The van der Waals surface area contributed by atoms with Crippen molar-refractivity contribution in [1.82, 2.24) is 5.32 Å². The normalized spacial score (nSPS) is 11.3. The lowest BCUT2D eigenvalue weighted by atomic mass is 10.0. The highest BCUT2D eigenvalue weighted by atomic mass is 16.5. The summed E-state index contributed by atoms with van der Waals surface area (Å²) in [4.78, 5) is 34.5. The summed E-state index contributed by atoms with van der Waals surface area (Å²) in [7, 11) is 1.41. The van der Waals surface area contributed by atoms with E-state index in [4.69, 9.17) is 15.2 Å². The van der Waals surface area contributed by atoms with Crippen molar-refractivity contribution in [2.75, 3.05) is 13.7 Å². The topological polar surface area (TPSA) is 128 Å². The van der Waals surface area contributed by atoms with Gasteiger partial charge in [-0.15, -0.1) is 0 Å². The Balaban J connectivity index is 2.26. The van der Waals surface area contributed by atoms with Crippen LogP contribution >= 0.6 is 0 Å². The van der Waals surface area contributed by atoms with Crippen LogP contribution in [0.5, 0.6) is 11.5 Å². The van der Waals surface area contributed by atoms with Crippen LogP contribution in [-0.4, -0.2) is 36.6 Å². The lowest BCUT2D eigenvalue weighted by molar-refractivity contribution is -0.137. The number of aliphatic carboxylic acids is 1. The van der Waals surface area contributed by atoms with Gasteiger partial charge in [0.2, 0.25) is 0 Å². The number of nitrogens with one attached hydrogen (secondary N) is 1. The summed E-state index contributed by atoms with van der Waals surface area (Å²) in [6.45, 7) is -0.320. The van der Waals surface area contributed by atoms with Crippen molar-refractivity contribution in [3.05, 3.63) is 59.7 Å². The summed E-state index contributed by atoms with van der Waals surface area (Å²) in [6.07, 6.45) is -0.316. The molecule has 0 bridgehead atoms. The maximum absolute atomic E-state index is 12.4. The number of carboxylic acids is 1. The minimum absolute atomic E-state index is 0.281. The van der Waals surface area contributed by atoms with Crippen molar-refractivity contribution in [1.29, 1.82) is 0 Å². The number of rotatable bonds is 9. The quantitative estimate of drug-likeness (QED) is 0.612. The van der Waals surface area contributed by atoms with E-state index >= 15 is 0 Å². The molecule has 0 aromatic heterocycles. The molecule has 0 aliphatic heterocycles. The first-order valence-electron chi connectivity index (χ1n) is 8.07. The first-order chi connectivity index (χ1) is 12.9. The molecule has 0 spiro atoms. The van der Waals surface area contributed by atoms with Crippen molar-refractivity contribution >= 4 is 17.8 Å². The average molecular weight is 372 g/mol. The van der Waals surface area contributed by atoms with E-state index in [0.717, 1.165) is 0 Å². The van der Waals surface area contributed by atoms with Gasteiger partial charge in [-0.1, -0.05) is 24.3 Å². The maximum Gasteiger partial charge on any atom is 0.305 e. The molecule has 27 heavy (non-hydrogen) atoms. The summed E-state index contributed by atoms with van der Waals surface area (Å²) in [5.74, 6) is -1.53. The van der Waals surface area contributed by atoms with E-state index in [2.05, 4.69) is 5.32 Å². The van der Waals surface area contributed by atoms with Crippen molar-refractivity contribution in [3.8, 4) is 11.5 Å². The summed E-state index contributed by atoms with van der Waals surface area (Å²) < 4.78 is 10.5. The van der Waals surface area contributed by atoms with Crippen LogP contribution in [0.2, 0.25) is 0 Å². The van der Waals surface area contributed by atoms with Gasteiger partial charge in [-0.3, -0.25) is 14.4 Å². The highest BCUT2D eigenvalue weighted by Gasteiger charge is 2.20. The van der Waals surface area contributed by atoms with Crippen LogP contribution in [0.1, 0.15) is 28.4 Å². The molecule has 0 radical (unpaired) electrons. The third kappa shape index (κ3) is 5.74. The van der Waals surface area contributed by atoms with Gasteiger partial charge in [-0.05, 0) is 29.8 Å². The number of carbonyl (C=O) groups is 3. The molecule has 1 atom stereocenters. The number of hydrogen-bond donors (Lipinski definition) is 3. The van der Waals surface area contributed by atoms with Gasteiger partial charge in [-0.25, -0.2) is 0 Å². The first-order valence-corrected chi connectivity index (χ1v) is 8.07. The SMILES string of the molecule is COc1cc(C(CC(=O)O)NC(=O)c2ccccc2)ccc1OCC(N)=O. The van der Waals surface area contributed by atoms with Gasteiger partial charge in [-0.2, -0.15) is 0 Å². The Bertz CT molecular complexity index is 822. The number of ether oxygens (including phenoxy) is 2. The minimum atomic E-state index is -1.07. The Kier molecular flexibility index (Phi) is 6.76. The molecule has 8 heteroatoms. The van der Waals surface area contributed by atoms with Gasteiger partial charge >= 0.3 is 5.97 Å². The second-order valence-electron chi connectivity index (χ2n) is 5.66. The van der Waals surface area contributed by atoms with Crippen molar-refractivity contribution in [2.24, 2.45) is 5.73 Å². The van der Waals surface area contributed by atoms with Crippen LogP contribution in [0.25, 0.3) is 0 Å². The van der Waals surface area contributed by atoms with Gasteiger partial charge in [0.25, 0.3) is 11.8 Å². The second kappa shape index (κ2) is 9.23. The zero-order valence-corrected chi connectivity index (χ0v) is 14.7. The van der Waals surface area contributed by atoms with Gasteiger partial charge in [0.1, 0.15) is 0 Å². The predicted molar refractivity (Wildman–Crippen MR) is 96.6 cm³/mol. The molecule has 2 rings (SSSR count). The number of carbonyl (C=O) groups excluding carboxylic acids is 2. The number of hydrogen-bond acceptors (Lipinski definition) is 5. The molecule has 0 aliphatic carbocycles. The number of amides is 2. The van der Waals surface area contributed by atoms with Crippen LogP contribution < -0.4 is 20.5 Å². The molecule has 1 unspecified atom stereocenters. The van der Waals surface area contributed by atoms with E-state index in [1.807, 2.05) is 0 Å². The lowest BCUT2D eigenvalue weighted by Crippen LogP contribution is -2.30. The highest BCUT2D eigenvalue weighted by Crippen LogP contribution is 2.31. The van der Waals surface area contributed by atoms with Crippen LogP contribution in [0.4, 0.5) is 0 Å². The molecule has 8 nitrogen and oxygen atoms in total. The first kappa shape index (κ1) is 19.8. The summed E-state index contributed by atoms with van der Waals surface area (Å²) >= 11 is 0. The fourth-order valence-corrected chi connectivity index (χ4v) is 2.43. The number of carboxylic acid groups (broad SMARTS) is 1. The van der Waals surface area contributed by atoms with E-state index in [1.165, 1.54) is 13.2 Å². The van der Waals surface area contributed by atoms with E-state index in [-0.39, 0.29) is 24.5 Å². The highest BCUT2D eigenvalue weighted by molar-refractivity contribution is 5.94. The average Bonchev–Trinajstić information content (AvgIpc) is 2.65. The van der Waals surface area contributed by atoms with Crippen LogP contribution in [0.3, 0.4) is 0 Å². The predicted octanol–water partition coefficient (Wildman–Crippen LogP) is 1.51. The third-order valence-electron chi connectivity index (χ3n) is 3.68. The van der Waals surface area contributed by atoms with Crippen LogP contribution in [-0.2, 0) is 9.59 Å². The second-order valence-corrected chi connectivity index (χ2v) is 5.66. The number of nitrogens with two attached hydrogens (primary N) is 1. The van der Waals surface area contributed by atoms with Crippen molar-refractivity contribution in [2.45, 2.75) is 12.5 Å². The molecule has 142 valence electrons. The van der Waals surface area contributed by atoms with Gasteiger partial charge in [0, 0.05) is 5.56 Å². The largest absolute Gasteiger partial charge is 0.493 e. The van der Waals surface area contributed by atoms with Crippen molar-refractivity contribution in [3.63, 3.8) is 0 Å². The zero-order valence-electron chi connectivity index (χ0n) is 14.7. The molecular formula is C19H20N2O6. The van der Waals surface area contributed by atoms with Gasteiger partial charge in [0.05, 0.1) is 19.6 Å². The smallest absolute Gasteiger partial charge is 0.305 e. The number of benzene rings is 2. The van der Waals surface area contributed by atoms with Gasteiger partial charge in [0.15, 0.2) is 18.1 Å². The summed E-state index contributed by atoms with van der Waals surface area (Å²) in [5, 5.41) is 11.9. The monoisotopic (exact) mass is 372 g/mol. The minimum Gasteiger partial charge on any atom is -0.493 e. The number of methoxy groups -OCH3 is 1.